The Morgan fingerprint density at radius 3 is 2.70 bits per heavy atom. The van der Waals surface area contributed by atoms with Crippen molar-refractivity contribution in [3.63, 3.8) is 0 Å². The summed E-state index contributed by atoms with van der Waals surface area (Å²) < 4.78 is 32.3. The van der Waals surface area contributed by atoms with Crippen LogP contribution in [0.3, 0.4) is 0 Å². The summed E-state index contributed by atoms with van der Waals surface area (Å²) in [6.07, 6.45) is 1.63. The van der Waals surface area contributed by atoms with Crippen LogP contribution in [-0.2, 0) is 21.3 Å². The van der Waals surface area contributed by atoms with Crippen molar-refractivity contribution in [2.75, 3.05) is 19.8 Å². The van der Waals surface area contributed by atoms with Gasteiger partial charge in [0, 0.05) is 26.3 Å². The summed E-state index contributed by atoms with van der Waals surface area (Å²) in [5.41, 5.74) is 7.08. The van der Waals surface area contributed by atoms with Gasteiger partial charge in [0.25, 0.3) is 0 Å². The monoisotopic (exact) mass is 300 g/mol. The molecule has 0 saturated carbocycles. The molecule has 0 bridgehead atoms. The number of hydrogen-bond donors (Lipinski definition) is 2. The molecule has 0 radical (unpaired) electrons. The van der Waals surface area contributed by atoms with Crippen LogP contribution in [0.25, 0.3) is 0 Å². The summed E-state index contributed by atoms with van der Waals surface area (Å²) in [7, 11) is -3.48. The predicted octanol–water partition coefficient (Wildman–Crippen LogP) is 1.55. The average molecular weight is 300 g/mol. The zero-order valence-electron chi connectivity index (χ0n) is 12.2. The Hall–Kier alpha value is -0.950. The van der Waals surface area contributed by atoms with Crippen molar-refractivity contribution in [3.05, 3.63) is 29.3 Å². The van der Waals surface area contributed by atoms with Gasteiger partial charge in [-0.05, 0) is 37.0 Å². The van der Waals surface area contributed by atoms with Gasteiger partial charge in [-0.1, -0.05) is 19.1 Å². The number of ether oxygens (including phenoxy) is 1. The molecule has 0 unspecified atom stereocenters. The van der Waals surface area contributed by atoms with Gasteiger partial charge in [0.2, 0.25) is 10.0 Å². The van der Waals surface area contributed by atoms with Gasteiger partial charge in [-0.2, -0.15) is 0 Å². The second kappa shape index (κ2) is 8.36. The molecule has 0 amide bonds. The Morgan fingerprint density at radius 1 is 1.30 bits per heavy atom. The lowest BCUT2D eigenvalue weighted by Crippen LogP contribution is -2.26. The maximum atomic E-state index is 12.2. The fourth-order valence-corrected chi connectivity index (χ4v) is 3.13. The van der Waals surface area contributed by atoms with E-state index in [1.165, 1.54) is 0 Å². The molecule has 0 aliphatic carbocycles. The van der Waals surface area contributed by atoms with E-state index < -0.39 is 10.0 Å². The van der Waals surface area contributed by atoms with Crippen LogP contribution in [0.1, 0.15) is 30.9 Å². The van der Waals surface area contributed by atoms with E-state index in [1.54, 1.807) is 19.1 Å². The number of aryl methyl sites for hydroxylation is 1. The summed E-state index contributed by atoms with van der Waals surface area (Å²) in [6.45, 7) is 5.80. The highest BCUT2D eigenvalue weighted by Gasteiger charge is 2.16. The molecule has 20 heavy (non-hydrogen) atoms. The Kier molecular flexibility index (Phi) is 7.15. The highest BCUT2D eigenvalue weighted by Crippen LogP contribution is 2.16. The van der Waals surface area contributed by atoms with Crippen LogP contribution in [0.4, 0.5) is 0 Å². The molecule has 6 heteroatoms. The lowest BCUT2D eigenvalue weighted by molar-refractivity contribution is 0.133. The van der Waals surface area contributed by atoms with E-state index in [0.717, 1.165) is 17.5 Å². The third kappa shape index (κ3) is 5.20. The third-order valence-corrected chi connectivity index (χ3v) is 4.49. The molecular weight excluding hydrogens is 276 g/mol. The topological polar surface area (TPSA) is 81.4 Å². The minimum atomic E-state index is -3.48. The van der Waals surface area contributed by atoms with Gasteiger partial charge < -0.3 is 10.5 Å². The summed E-state index contributed by atoms with van der Waals surface area (Å²) >= 11 is 0. The first-order chi connectivity index (χ1) is 9.51. The highest BCUT2D eigenvalue weighted by atomic mass is 32.2. The van der Waals surface area contributed by atoms with E-state index in [9.17, 15) is 8.42 Å². The van der Waals surface area contributed by atoms with Crippen molar-refractivity contribution in [1.82, 2.24) is 4.72 Å². The molecule has 0 heterocycles. The molecule has 1 aromatic rings. The van der Waals surface area contributed by atoms with Gasteiger partial charge in [-0.25, -0.2) is 13.1 Å². The molecule has 0 spiro atoms. The quantitative estimate of drug-likeness (QED) is 0.678. The standard InChI is InChI=1S/C14H24N2O3S/c1-3-8-19-9-4-7-16-20(17,18)14-10-13(11-15)6-5-12(14)2/h5-6,10,16H,3-4,7-9,11,15H2,1-2H3. The predicted molar refractivity (Wildman–Crippen MR) is 80.0 cm³/mol. The first kappa shape index (κ1) is 17.1. The van der Waals surface area contributed by atoms with E-state index in [2.05, 4.69) is 4.72 Å². The van der Waals surface area contributed by atoms with E-state index >= 15 is 0 Å². The van der Waals surface area contributed by atoms with Gasteiger partial charge in [0.1, 0.15) is 0 Å². The zero-order chi connectivity index (χ0) is 15.0. The second-order valence-electron chi connectivity index (χ2n) is 4.67. The van der Waals surface area contributed by atoms with Crippen molar-refractivity contribution in [2.24, 2.45) is 5.73 Å². The fraction of sp³-hybridized carbons (Fsp3) is 0.571. The lowest BCUT2D eigenvalue weighted by Gasteiger charge is -2.10. The van der Waals surface area contributed by atoms with Crippen LogP contribution in [0.2, 0.25) is 0 Å². The Balaban J connectivity index is 2.60. The maximum absolute atomic E-state index is 12.2. The third-order valence-electron chi connectivity index (χ3n) is 2.88. The van der Waals surface area contributed by atoms with Crippen molar-refractivity contribution < 1.29 is 13.2 Å². The minimum Gasteiger partial charge on any atom is -0.381 e. The number of nitrogens with one attached hydrogen (secondary N) is 1. The summed E-state index contributed by atoms with van der Waals surface area (Å²) in [6, 6.07) is 5.25. The number of hydrogen-bond acceptors (Lipinski definition) is 4. The van der Waals surface area contributed by atoms with Gasteiger partial charge in [-0.15, -0.1) is 0 Å². The Morgan fingerprint density at radius 2 is 2.05 bits per heavy atom. The first-order valence-corrected chi connectivity index (χ1v) is 8.36. The number of benzene rings is 1. The van der Waals surface area contributed by atoms with Crippen LogP contribution in [0.5, 0.6) is 0 Å². The highest BCUT2D eigenvalue weighted by molar-refractivity contribution is 7.89. The van der Waals surface area contributed by atoms with Crippen LogP contribution in [0, 0.1) is 6.92 Å². The van der Waals surface area contributed by atoms with E-state index in [4.69, 9.17) is 10.5 Å². The Bertz CT molecular complexity index is 515. The Labute approximate surface area is 121 Å². The normalized spacial score (nSPS) is 11.8. The van der Waals surface area contributed by atoms with E-state index in [1.807, 2.05) is 13.0 Å². The lowest BCUT2D eigenvalue weighted by atomic mass is 10.1. The van der Waals surface area contributed by atoms with E-state index in [0.29, 0.717) is 37.6 Å². The molecule has 114 valence electrons. The molecule has 0 fully saturated rings. The smallest absolute Gasteiger partial charge is 0.240 e. The molecule has 0 aromatic heterocycles. The molecule has 0 aliphatic heterocycles. The minimum absolute atomic E-state index is 0.301. The number of sulfonamides is 1. The van der Waals surface area contributed by atoms with Gasteiger partial charge in [0.05, 0.1) is 4.90 Å². The number of rotatable bonds is 9. The molecule has 5 nitrogen and oxygen atoms in total. The molecule has 0 aliphatic rings. The largest absolute Gasteiger partial charge is 0.381 e. The zero-order valence-corrected chi connectivity index (χ0v) is 13.0. The second-order valence-corrected chi connectivity index (χ2v) is 6.40. The molecule has 0 saturated heterocycles. The maximum Gasteiger partial charge on any atom is 0.240 e. The van der Waals surface area contributed by atoms with Gasteiger partial charge >= 0.3 is 0 Å². The van der Waals surface area contributed by atoms with Crippen molar-refractivity contribution >= 4 is 10.0 Å². The fourth-order valence-electron chi connectivity index (χ4n) is 1.77. The van der Waals surface area contributed by atoms with Crippen LogP contribution in [-0.4, -0.2) is 28.2 Å². The van der Waals surface area contributed by atoms with Crippen LogP contribution >= 0.6 is 0 Å². The van der Waals surface area contributed by atoms with Crippen molar-refractivity contribution in [1.29, 1.82) is 0 Å². The first-order valence-electron chi connectivity index (χ1n) is 6.88. The molecule has 0 atom stereocenters. The van der Waals surface area contributed by atoms with Gasteiger partial charge in [-0.3, -0.25) is 0 Å². The van der Waals surface area contributed by atoms with Crippen LogP contribution in [0.15, 0.2) is 23.1 Å². The SMILES string of the molecule is CCCOCCCNS(=O)(=O)c1cc(CN)ccc1C. The number of nitrogens with two attached hydrogens (primary N) is 1. The average Bonchev–Trinajstić information content (AvgIpc) is 2.43. The summed E-state index contributed by atoms with van der Waals surface area (Å²) in [4.78, 5) is 0.301. The van der Waals surface area contributed by atoms with Crippen LogP contribution < -0.4 is 10.5 Å². The van der Waals surface area contributed by atoms with Gasteiger partial charge in [0.15, 0.2) is 0 Å². The van der Waals surface area contributed by atoms with E-state index in [-0.39, 0.29) is 0 Å². The summed E-state index contributed by atoms with van der Waals surface area (Å²) in [5, 5.41) is 0. The molecule has 1 rings (SSSR count). The molecule has 3 N–H and O–H groups in total. The summed E-state index contributed by atoms with van der Waals surface area (Å²) in [5.74, 6) is 0. The van der Waals surface area contributed by atoms with Crippen molar-refractivity contribution in [2.45, 2.75) is 38.1 Å². The molecule has 1 aromatic carbocycles. The molecular formula is C14H24N2O3S. The van der Waals surface area contributed by atoms with Crippen molar-refractivity contribution in [3.8, 4) is 0 Å².